The van der Waals surface area contributed by atoms with Crippen molar-refractivity contribution in [1.82, 2.24) is 4.98 Å². The summed E-state index contributed by atoms with van der Waals surface area (Å²) >= 11 is 1.63. The van der Waals surface area contributed by atoms with E-state index in [9.17, 15) is 4.79 Å². The molecule has 1 aromatic rings. The predicted molar refractivity (Wildman–Crippen MR) is 74.7 cm³/mol. The average Bonchev–Trinajstić information content (AvgIpc) is 2.84. The van der Waals surface area contributed by atoms with Gasteiger partial charge in [-0.3, -0.25) is 4.79 Å². The van der Waals surface area contributed by atoms with Crippen LogP contribution in [0.15, 0.2) is 0 Å². The van der Waals surface area contributed by atoms with Gasteiger partial charge >= 0.3 is 0 Å². The van der Waals surface area contributed by atoms with Gasteiger partial charge in [0, 0.05) is 19.0 Å². The number of piperidine rings is 1. The minimum Gasteiger partial charge on any atom is -0.345 e. The van der Waals surface area contributed by atoms with Crippen molar-refractivity contribution in [2.75, 3.05) is 11.4 Å². The minimum absolute atomic E-state index is 0.310. The minimum atomic E-state index is 0.310. The van der Waals surface area contributed by atoms with Crippen LogP contribution in [0.5, 0.6) is 0 Å². The lowest BCUT2D eigenvalue weighted by Crippen LogP contribution is -2.39. The number of fused-ring (bicyclic) bond motifs is 1. The summed E-state index contributed by atoms with van der Waals surface area (Å²) in [5.41, 5.74) is 1.06. The number of carbonyl (C=O) groups excluding carboxylic acids is 1. The van der Waals surface area contributed by atoms with Gasteiger partial charge in [0.25, 0.3) is 0 Å². The number of carbonyl (C=O) groups is 1. The number of aromatic nitrogens is 1. The van der Waals surface area contributed by atoms with Crippen LogP contribution in [0.1, 0.15) is 60.8 Å². The maximum Gasteiger partial charge on any atom is 0.186 e. The molecule has 1 aliphatic heterocycles. The average molecular weight is 264 g/mol. The van der Waals surface area contributed by atoms with Gasteiger partial charge in [0.15, 0.2) is 10.9 Å². The number of hydrogen-bond acceptors (Lipinski definition) is 4. The molecule has 0 N–H and O–H groups in total. The first-order valence-corrected chi connectivity index (χ1v) is 7.90. The van der Waals surface area contributed by atoms with Gasteiger partial charge in [0.05, 0.1) is 10.6 Å². The van der Waals surface area contributed by atoms with Gasteiger partial charge in [-0.15, -0.1) is 0 Å². The lowest BCUT2D eigenvalue weighted by atomic mass is 10.0. The second kappa shape index (κ2) is 5.00. The molecule has 1 aliphatic carbocycles. The van der Waals surface area contributed by atoms with Crippen LogP contribution >= 0.6 is 11.3 Å². The van der Waals surface area contributed by atoms with E-state index < -0.39 is 0 Å². The molecule has 1 unspecified atom stereocenters. The van der Waals surface area contributed by atoms with Gasteiger partial charge in [-0.1, -0.05) is 18.3 Å². The van der Waals surface area contributed by atoms with Crippen molar-refractivity contribution < 1.29 is 4.79 Å². The zero-order valence-electron chi connectivity index (χ0n) is 10.9. The number of ketones is 1. The fourth-order valence-corrected chi connectivity index (χ4v) is 4.23. The molecular weight excluding hydrogens is 244 g/mol. The Labute approximate surface area is 112 Å². The Hall–Kier alpha value is -0.900. The Morgan fingerprint density at radius 2 is 2.22 bits per heavy atom. The molecule has 18 heavy (non-hydrogen) atoms. The smallest absolute Gasteiger partial charge is 0.186 e. The van der Waals surface area contributed by atoms with Gasteiger partial charge in [0.2, 0.25) is 0 Å². The van der Waals surface area contributed by atoms with Crippen molar-refractivity contribution in [2.24, 2.45) is 0 Å². The molecule has 2 heterocycles. The summed E-state index contributed by atoms with van der Waals surface area (Å²) in [6.07, 6.45) is 7.72. The third-order valence-corrected chi connectivity index (χ3v) is 5.28. The molecule has 4 heteroatoms. The fraction of sp³-hybridized carbons (Fsp3) is 0.714. The monoisotopic (exact) mass is 264 g/mol. The largest absolute Gasteiger partial charge is 0.345 e. The lowest BCUT2D eigenvalue weighted by Gasteiger charge is -2.35. The molecule has 1 saturated heterocycles. The third kappa shape index (κ3) is 2.07. The van der Waals surface area contributed by atoms with Crippen molar-refractivity contribution in [3.8, 4) is 0 Å². The first-order valence-electron chi connectivity index (χ1n) is 7.09. The van der Waals surface area contributed by atoms with Crippen molar-refractivity contribution in [3.05, 3.63) is 10.6 Å². The van der Waals surface area contributed by atoms with E-state index >= 15 is 0 Å². The van der Waals surface area contributed by atoms with Crippen molar-refractivity contribution in [3.63, 3.8) is 0 Å². The van der Waals surface area contributed by atoms with Gasteiger partial charge in [-0.25, -0.2) is 4.98 Å². The maximum atomic E-state index is 11.9. The van der Waals surface area contributed by atoms with E-state index in [2.05, 4.69) is 11.8 Å². The molecule has 0 amide bonds. The molecule has 1 atom stereocenters. The summed E-state index contributed by atoms with van der Waals surface area (Å²) in [6.45, 7) is 3.36. The second-order valence-electron chi connectivity index (χ2n) is 5.30. The number of thiazole rings is 1. The normalized spacial score (nSPS) is 24.2. The van der Waals surface area contributed by atoms with Crippen LogP contribution in [0, 0.1) is 0 Å². The molecule has 98 valence electrons. The van der Waals surface area contributed by atoms with E-state index in [1.54, 1.807) is 11.3 Å². The van der Waals surface area contributed by atoms with Crippen LogP contribution in [-0.4, -0.2) is 23.4 Å². The Kier molecular flexibility index (Phi) is 3.37. The van der Waals surface area contributed by atoms with Crippen LogP contribution in [0.25, 0.3) is 0 Å². The number of aryl methyl sites for hydroxylation is 1. The Morgan fingerprint density at radius 3 is 3.00 bits per heavy atom. The van der Waals surface area contributed by atoms with Gasteiger partial charge in [0.1, 0.15) is 0 Å². The van der Waals surface area contributed by atoms with E-state index in [-0.39, 0.29) is 0 Å². The first kappa shape index (κ1) is 12.2. The van der Waals surface area contributed by atoms with Crippen LogP contribution in [0.3, 0.4) is 0 Å². The topological polar surface area (TPSA) is 33.2 Å². The summed E-state index contributed by atoms with van der Waals surface area (Å²) in [5.74, 6) is 0.310. The second-order valence-corrected chi connectivity index (χ2v) is 6.28. The molecule has 0 aromatic carbocycles. The maximum absolute atomic E-state index is 11.9. The van der Waals surface area contributed by atoms with E-state index in [0.29, 0.717) is 18.2 Å². The highest BCUT2D eigenvalue weighted by Crippen LogP contribution is 2.35. The SMILES string of the molecule is CCC1CCCCN1c1nc2c(s1)C(=O)CCC2. The third-order valence-electron chi connectivity index (χ3n) is 4.10. The number of nitrogens with zero attached hydrogens (tertiary/aromatic N) is 2. The van der Waals surface area contributed by atoms with E-state index in [0.717, 1.165) is 35.1 Å². The molecule has 2 aliphatic rings. The van der Waals surface area contributed by atoms with Crippen molar-refractivity contribution in [2.45, 2.75) is 57.9 Å². The molecule has 1 fully saturated rings. The van der Waals surface area contributed by atoms with Crippen molar-refractivity contribution in [1.29, 1.82) is 0 Å². The molecule has 0 radical (unpaired) electrons. The predicted octanol–water partition coefficient (Wildman–Crippen LogP) is 3.43. The lowest BCUT2D eigenvalue weighted by molar-refractivity contribution is 0.0976. The highest BCUT2D eigenvalue weighted by atomic mass is 32.1. The van der Waals surface area contributed by atoms with Gasteiger partial charge < -0.3 is 4.90 Å². The summed E-state index contributed by atoms with van der Waals surface area (Å²) in [6, 6.07) is 0.626. The van der Waals surface area contributed by atoms with E-state index in [4.69, 9.17) is 4.98 Å². The van der Waals surface area contributed by atoms with Crippen LogP contribution in [0.4, 0.5) is 5.13 Å². The first-order chi connectivity index (χ1) is 8.79. The number of hydrogen-bond donors (Lipinski definition) is 0. The molecule has 0 saturated carbocycles. The number of anilines is 1. The molecule has 3 rings (SSSR count). The summed E-state index contributed by atoms with van der Waals surface area (Å²) in [7, 11) is 0. The van der Waals surface area contributed by atoms with E-state index in [1.165, 1.54) is 25.7 Å². The van der Waals surface area contributed by atoms with Crippen LogP contribution in [0.2, 0.25) is 0 Å². The zero-order valence-corrected chi connectivity index (χ0v) is 11.8. The molecule has 0 spiro atoms. The van der Waals surface area contributed by atoms with Gasteiger partial charge in [-0.05, 0) is 38.5 Å². The molecular formula is C14H20N2OS. The molecule has 0 bridgehead atoms. The van der Waals surface area contributed by atoms with Crippen LogP contribution < -0.4 is 4.90 Å². The Morgan fingerprint density at radius 1 is 1.33 bits per heavy atom. The van der Waals surface area contributed by atoms with Crippen molar-refractivity contribution >= 4 is 22.3 Å². The quantitative estimate of drug-likeness (QED) is 0.820. The van der Waals surface area contributed by atoms with E-state index in [1.807, 2.05) is 0 Å². The van der Waals surface area contributed by atoms with Crippen LogP contribution in [-0.2, 0) is 6.42 Å². The number of rotatable bonds is 2. The zero-order chi connectivity index (χ0) is 12.5. The summed E-state index contributed by atoms with van der Waals surface area (Å²) < 4.78 is 0. The van der Waals surface area contributed by atoms with Gasteiger partial charge in [-0.2, -0.15) is 0 Å². The molecule has 3 nitrogen and oxygen atoms in total. The standard InChI is InChI=1S/C14H20N2OS/c1-2-10-6-3-4-9-16(10)14-15-11-7-5-8-12(17)13(11)18-14/h10H,2-9H2,1H3. The highest BCUT2D eigenvalue weighted by molar-refractivity contribution is 7.17. The molecule has 1 aromatic heterocycles. The summed E-state index contributed by atoms with van der Waals surface area (Å²) in [5, 5.41) is 1.10. The summed E-state index contributed by atoms with van der Waals surface area (Å²) in [4.78, 5) is 20.0. The fourth-order valence-electron chi connectivity index (χ4n) is 3.06. The highest BCUT2D eigenvalue weighted by Gasteiger charge is 2.28. The number of Topliss-reactive ketones (excluding diaryl/α,β-unsaturated/α-hetero) is 1. The Balaban J connectivity index is 1.89. The Bertz CT molecular complexity index is 455.